The van der Waals surface area contributed by atoms with Gasteiger partial charge in [0.05, 0.1) is 0 Å². The largest absolute Gasteiger partial charge is 0.342 e. The van der Waals surface area contributed by atoms with Gasteiger partial charge in [-0.3, -0.25) is 14.6 Å². The minimum atomic E-state index is -0.724. The van der Waals surface area contributed by atoms with Crippen molar-refractivity contribution in [3.8, 4) is 0 Å². The molecule has 1 aromatic rings. The normalized spacial score (nSPS) is 29.4. The lowest BCUT2D eigenvalue weighted by molar-refractivity contribution is -0.159. The van der Waals surface area contributed by atoms with Gasteiger partial charge in [0.2, 0.25) is 11.8 Å². The number of hydrogen-bond acceptors (Lipinski definition) is 3. The van der Waals surface area contributed by atoms with Crippen LogP contribution in [0.2, 0.25) is 0 Å². The van der Waals surface area contributed by atoms with E-state index in [9.17, 15) is 9.59 Å². The van der Waals surface area contributed by atoms with E-state index in [1.807, 2.05) is 26.0 Å². The average molecular weight is 287 g/mol. The minimum absolute atomic E-state index is 0.0136. The SMILES string of the molecule is CCC1NC(=O)C(C)(C2CC2)N(Cc2cccnc2)C1=O. The Balaban J connectivity index is 1.94. The summed E-state index contributed by atoms with van der Waals surface area (Å²) in [6.07, 6.45) is 6.11. The fraction of sp³-hybridized carbons (Fsp3) is 0.562. The fourth-order valence-corrected chi connectivity index (χ4v) is 3.15. The second kappa shape index (κ2) is 5.13. The van der Waals surface area contributed by atoms with Crippen LogP contribution in [0, 0.1) is 5.92 Å². The minimum Gasteiger partial charge on any atom is -0.342 e. The van der Waals surface area contributed by atoms with Crippen LogP contribution in [0.1, 0.15) is 38.7 Å². The molecule has 1 aliphatic carbocycles. The van der Waals surface area contributed by atoms with Crippen molar-refractivity contribution in [1.29, 1.82) is 0 Å². The Morgan fingerprint density at radius 1 is 1.43 bits per heavy atom. The van der Waals surface area contributed by atoms with Crippen molar-refractivity contribution < 1.29 is 9.59 Å². The summed E-state index contributed by atoms with van der Waals surface area (Å²) < 4.78 is 0. The second-order valence-electron chi connectivity index (χ2n) is 6.14. The van der Waals surface area contributed by atoms with Crippen LogP contribution in [-0.2, 0) is 16.1 Å². The van der Waals surface area contributed by atoms with Crippen molar-refractivity contribution in [1.82, 2.24) is 15.2 Å². The van der Waals surface area contributed by atoms with Crippen LogP contribution < -0.4 is 5.32 Å². The number of rotatable bonds is 4. The molecule has 0 aromatic carbocycles. The monoisotopic (exact) mass is 287 g/mol. The lowest BCUT2D eigenvalue weighted by atomic mass is 9.87. The molecule has 0 spiro atoms. The third-order valence-corrected chi connectivity index (χ3v) is 4.73. The van der Waals surface area contributed by atoms with E-state index < -0.39 is 11.6 Å². The molecule has 112 valence electrons. The molecule has 21 heavy (non-hydrogen) atoms. The molecule has 1 aliphatic heterocycles. The Kier molecular flexibility index (Phi) is 3.43. The number of piperazine rings is 1. The summed E-state index contributed by atoms with van der Waals surface area (Å²) in [7, 11) is 0. The fourth-order valence-electron chi connectivity index (χ4n) is 3.15. The molecule has 5 heteroatoms. The van der Waals surface area contributed by atoms with Gasteiger partial charge in [0.15, 0.2) is 0 Å². The van der Waals surface area contributed by atoms with Crippen molar-refractivity contribution in [3.63, 3.8) is 0 Å². The van der Waals surface area contributed by atoms with Gasteiger partial charge in [-0.05, 0) is 43.7 Å². The maximum atomic E-state index is 12.7. The third-order valence-electron chi connectivity index (χ3n) is 4.73. The van der Waals surface area contributed by atoms with Crippen LogP contribution in [-0.4, -0.2) is 33.3 Å². The van der Waals surface area contributed by atoms with Crippen molar-refractivity contribution in [2.75, 3.05) is 0 Å². The predicted octanol–water partition coefficient (Wildman–Crippen LogP) is 1.49. The van der Waals surface area contributed by atoms with Crippen LogP contribution in [0.15, 0.2) is 24.5 Å². The summed E-state index contributed by atoms with van der Waals surface area (Å²) in [4.78, 5) is 31.2. The molecule has 2 unspecified atom stereocenters. The Morgan fingerprint density at radius 3 is 2.76 bits per heavy atom. The van der Waals surface area contributed by atoms with Gasteiger partial charge in [-0.25, -0.2) is 0 Å². The Bertz CT molecular complexity index is 556. The summed E-state index contributed by atoms with van der Waals surface area (Å²) in [5, 5.41) is 2.90. The highest BCUT2D eigenvalue weighted by atomic mass is 16.2. The van der Waals surface area contributed by atoms with Crippen molar-refractivity contribution in [2.45, 2.75) is 51.2 Å². The summed E-state index contributed by atoms with van der Waals surface area (Å²) in [5.41, 5.74) is 0.237. The molecule has 2 amide bonds. The molecule has 1 N–H and O–H groups in total. The van der Waals surface area contributed by atoms with Crippen LogP contribution in [0.3, 0.4) is 0 Å². The van der Waals surface area contributed by atoms with Crippen LogP contribution in [0.25, 0.3) is 0 Å². The smallest absolute Gasteiger partial charge is 0.246 e. The predicted molar refractivity (Wildman–Crippen MR) is 78.1 cm³/mol. The van der Waals surface area contributed by atoms with E-state index in [1.54, 1.807) is 17.3 Å². The van der Waals surface area contributed by atoms with E-state index in [0.717, 1.165) is 18.4 Å². The quantitative estimate of drug-likeness (QED) is 0.912. The molecular formula is C16H21N3O2. The van der Waals surface area contributed by atoms with Gasteiger partial charge >= 0.3 is 0 Å². The van der Waals surface area contributed by atoms with E-state index in [4.69, 9.17) is 0 Å². The van der Waals surface area contributed by atoms with Gasteiger partial charge in [0.1, 0.15) is 11.6 Å². The Morgan fingerprint density at radius 2 is 2.19 bits per heavy atom. The number of carbonyl (C=O) groups excluding carboxylic acids is 2. The Hall–Kier alpha value is -1.91. The maximum absolute atomic E-state index is 12.7. The second-order valence-corrected chi connectivity index (χ2v) is 6.14. The zero-order valence-electron chi connectivity index (χ0n) is 12.5. The number of hydrogen-bond donors (Lipinski definition) is 1. The van der Waals surface area contributed by atoms with Gasteiger partial charge in [0.25, 0.3) is 0 Å². The third kappa shape index (κ3) is 2.30. The van der Waals surface area contributed by atoms with Gasteiger partial charge < -0.3 is 10.2 Å². The molecule has 2 aliphatic rings. The lowest BCUT2D eigenvalue weighted by Crippen LogP contribution is -2.70. The highest BCUT2D eigenvalue weighted by Gasteiger charge is 2.56. The first kappa shape index (κ1) is 14.0. The van der Waals surface area contributed by atoms with Crippen molar-refractivity contribution in [2.24, 2.45) is 5.92 Å². The molecule has 0 radical (unpaired) electrons. The van der Waals surface area contributed by atoms with E-state index in [0.29, 0.717) is 13.0 Å². The molecule has 1 saturated carbocycles. The number of amides is 2. The summed E-state index contributed by atoms with van der Waals surface area (Å²) in [5.74, 6) is 0.284. The summed E-state index contributed by atoms with van der Waals surface area (Å²) in [6, 6.07) is 3.40. The topological polar surface area (TPSA) is 62.3 Å². The van der Waals surface area contributed by atoms with Gasteiger partial charge in [-0.1, -0.05) is 13.0 Å². The number of nitrogens with zero attached hydrogens (tertiary/aromatic N) is 2. The molecule has 0 bridgehead atoms. The lowest BCUT2D eigenvalue weighted by Gasteiger charge is -2.46. The summed E-state index contributed by atoms with van der Waals surface area (Å²) in [6.45, 7) is 4.27. The number of nitrogens with one attached hydrogen (secondary N) is 1. The maximum Gasteiger partial charge on any atom is 0.246 e. The Labute approximate surface area is 124 Å². The standard InChI is InChI=1S/C16H21N3O2/c1-3-13-14(20)19(10-11-5-4-8-17-9-11)16(2,12-6-7-12)15(21)18-13/h4-5,8-9,12-13H,3,6-7,10H2,1-2H3,(H,18,21). The van der Waals surface area contributed by atoms with Crippen LogP contribution >= 0.6 is 0 Å². The van der Waals surface area contributed by atoms with Gasteiger partial charge in [-0.2, -0.15) is 0 Å². The first-order valence-electron chi connectivity index (χ1n) is 7.58. The molecular weight excluding hydrogens is 266 g/mol. The molecule has 5 nitrogen and oxygen atoms in total. The highest BCUT2D eigenvalue weighted by Crippen LogP contribution is 2.45. The van der Waals surface area contributed by atoms with Gasteiger partial charge in [0, 0.05) is 18.9 Å². The van der Waals surface area contributed by atoms with E-state index in [-0.39, 0.29) is 17.7 Å². The first-order chi connectivity index (χ1) is 10.1. The first-order valence-corrected chi connectivity index (χ1v) is 7.58. The van der Waals surface area contributed by atoms with Gasteiger partial charge in [-0.15, -0.1) is 0 Å². The molecule has 1 saturated heterocycles. The van der Waals surface area contributed by atoms with Crippen LogP contribution in [0.5, 0.6) is 0 Å². The zero-order valence-corrected chi connectivity index (χ0v) is 12.5. The molecule has 2 fully saturated rings. The molecule has 2 heterocycles. The number of pyridine rings is 1. The summed E-state index contributed by atoms with van der Waals surface area (Å²) >= 11 is 0. The van der Waals surface area contributed by atoms with E-state index in [2.05, 4.69) is 10.3 Å². The molecule has 3 rings (SSSR count). The van der Waals surface area contributed by atoms with Crippen LogP contribution in [0.4, 0.5) is 0 Å². The van der Waals surface area contributed by atoms with E-state index >= 15 is 0 Å². The number of aromatic nitrogens is 1. The highest BCUT2D eigenvalue weighted by molar-refractivity contribution is 6.00. The molecule has 1 aromatic heterocycles. The van der Waals surface area contributed by atoms with Crippen molar-refractivity contribution >= 4 is 11.8 Å². The number of carbonyl (C=O) groups is 2. The molecule has 2 atom stereocenters. The zero-order chi connectivity index (χ0) is 15.0. The average Bonchev–Trinajstić information content (AvgIpc) is 3.33. The van der Waals surface area contributed by atoms with E-state index in [1.165, 1.54) is 0 Å². The van der Waals surface area contributed by atoms with Crippen molar-refractivity contribution in [3.05, 3.63) is 30.1 Å².